The van der Waals surface area contributed by atoms with E-state index in [2.05, 4.69) is 20.9 Å². The van der Waals surface area contributed by atoms with Crippen LogP contribution in [0.5, 0.6) is 0 Å². The molecule has 3 atom stereocenters. The lowest BCUT2D eigenvalue weighted by atomic mass is 9.84. The molecule has 150 valence electrons. The van der Waals surface area contributed by atoms with Gasteiger partial charge in [-0.15, -0.1) is 0 Å². The lowest BCUT2D eigenvalue weighted by Crippen LogP contribution is -2.48. The molecule has 1 unspecified atom stereocenters. The Morgan fingerprint density at radius 2 is 1.93 bits per heavy atom. The van der Waals surface area contributed by atoms with Crippen LogP contribution in [0.2, 0.25) is 0 Å². The van der Waals surface area contributed by atoms with Gasteiger partial charge < -0.3 is 4.98 Å². The van der Waals surface area contributed by atoms with E-state index in [0.717, 1.165) is 27.4 Å². The fourth-order valence-electron chi connectivity index (χ4n) is 4.31. The molecule has 1 aliphatic heterocycles. The molecule has 0 saturated carbocycles. The van der Waals surface area contributed by atoms with Gasteiger partial charge in [-0.1, -0.05) is 34.1 Å². The van der Waals surface area contributed by atoms with Crippen molar-refractivity contribution in [2.75, 3.05) is 6.54 Å². The number of fused-ring (bicyclic) bond motifs is 3. The zero-order valence-electron chi connectivity index (χ0n) is 15.0. The average molecular weight is 461 g/mol. The highest BCUT2D eigenvalue weighted by atomic mass is 79.9. The minimum atomic E-state index is -4.48. The summed E-state index contributed by atoms with van der Waals surface area (Å²) in [5.41, 5.74) is 1.78. The van der Waals surface area contributed by atoms with Crippen LogP contribution in [0.25, 0.3) is 10.9 Å². The molecule has 0 radical (unpaired) electrons. The maximum Gasteiger partial charge on any atom is 0.401 e. The molecule has 0 amide bonds. The number of allylic oxidation sites excluding steroid dienone is 3. The monoisotopic (exact) mass is 460 g/mol. The van der Waals surface area contributed by atoms with Crippen molar-refractivity contribution in [1.29, 1.82) is 0 Å². The van der Waals surface area contributed by atoms with Gasteiger partial charge in [-0.3, -0.25) is 4.90 Å². The number of benzene rings is 1. The molecule has 1 N–H and O–H groups in total. The second kappa shape index (κ2) is 6.99. The van der Waals surface area contributed by atoms with Gasteiger partial charge in [0.05, 0.1) is 12.6 Å². The number of H-pyrrole nitrogens is 1. The van der Waals surface area contributed by atoms with Crippen LogP contribution in [0.3, 0.4) is 0 Å². The van der Waals surface area contributed by atoms with E-state index in [1.165, 1.54) is 0 Å². The summed E-state index contributed by atoms with van der Waals surface area (Å²) in [6.45, 7) is 0.436. The highest BCUT2D eigenvalue weighted by molar-refractivity contribution is 9.11. The van der Waals surface area contributed by atoms with Crippen LogP contribution in [0.4, 0.5) is 22.0 Å². The zero-order valence-corrected chi connectivity index (χ0v) is 16.5. The number of aromatic nitrogens is 1. The maximum atomic E-state index is 14.9. The third-order valence-corrected chi connectivity index (χ3v) is 6.00. The minimum absolute atomic E-state index is 0.0942. The predicted octanol–water partition coefficient (Wildman–Crippen LogP) is 6.26. The first-order chi connectivity index (χ1) is 13.2. The van der Waals surface area contributed by atoms with Crippen molar-refractivity contribution in [2.45, 2.75) is 44.2 Å². The summed E-state index contributed by atoms with van der Waals surface area (Å²) in [7, 11) is 0. The van der Waals surface area contributed by atoms with Crippen molar-refractivity contribution >= 4 is 26.8 Å². The van der Waals surface area contributed by atoms with E-state index in [0.29, 0.717) is 16.6 Å². The average Bonchev–Trinajstić information content (AvgIpc) is 2.94. The number of para-hydroxylation sites is 1. The number of aromatic amines is 1. The predicted molar refractivity (Wildman–Crippen MR) is 102 cm³/mol. The Hall–Kier alpha value is -1.67. The molecule has 0 fully saturated rings. The van der Waals surface area contributed by atoms with Crippen LogP contribution in [-0.2, 0) is 6.42 Å². The number of nitrogens with zero attached hydrogens (tertiary/aromatic N) is 1. The lowest BCUT2D eigenvalue weighted by molar-refractivity contribution is -0.156. The molecular weight excluding hydrogens is 443 g/mol. The third kappa shape index (κ3) is 3.41. The second-order valence-corrected chi connectivity index (χ2v) is 8.39. The van der Waals surface area contributed by atoms with Crippen molar-refractivity contribution in [3.63, 3.8) is 0 Å². The highest BCUT2D eigenvalue weighted by Gasteiger charge is 2.45. The van der Waals surface area contributed by atoms with Gasteiger partial charge in [-0.25, -0.2) is 8.78 Å². The largest absolute Gasteiger partial charge is 0.401 e. The van der Waals surface area contributed by atoms with Gasteiger partial charge >= 0.3 is 6.18 Å². The van der Waals surface area contributed by atoms with Crippen LogP contribution < -0.4 is 0 Å². The lowest BCUT2D eigenvalue weighted by Gasteiger charge is -2.43. The number of halogens is 6. The molecule has 1 aliphatic carbocycles. The molecule has 0 bridgehead atoms. The van der Waals surface area contributed by atoms with E-state index in [9.17, 15) is 22.0 Å². The minimum Gasteiger partial charge on any atom is -0.357 e. The van der Waals surface area contributed by atoms with Crippen LogP contribution >= 0.6 is 15.9 Å². The van der Waals surface area contributed by atoms with E-state index >= 15 is 0 Å². The Kier molecular flexibility index (Phi) is 4.90. The van der Waals surface area contributed by atoms with E-state index in [-0.39, 0.29) is 12.0 Å². The van der Waals surface area contributed by atoms with Gasteiger partial charge in [0.15, 0.2) is 0 Å². The smallest absolute Gasteiger partial charge is 0.357 e. The third-order valence-electron chi connectivity index (χ3n) is 5.44. The van der Waals surface area contributed by atoms with Crippen LogP contribution in [-0.4, -0.2) is 34.8 Å². The summed E-state index contributed by atoms with van der Waals surface area (Å²) >= 11 is 3.10. The van der Waals surface area contributed by atoms with Crippen molar-refractivity contribution in [3.8, 4) is 0 Å². The molecule has 0 spiro atoms. The van der Waals surface area contributed by atoms with Gasteiger partial charge in [0, 0.05) is 39.1 Å². The van der Waals surface area contributed by atoms with Crippen molar-refractivity contribution < 1.29 is 22.0 Å². The fourth-order valence-corrected chi connectivity index (χ4v) is 4.79. The standard InChI is InChI=1S/C20H18BrF5N2/c1-10-6-13-12-4-2-3-5-16(12)27-18(13)19(28(10)9-20(24,25)26)17-14(22)7-11(21)8-15(17)23/h2-5,7,10,15,19,27H,6,8-9H2,1H3/t10-,15?,19-/m1/s1. The topological polar surface area (TPSA) is 19.0 Å². The van der Waals surface area contributed by atoms with Crippen molar-refractivity contribution in [3.05, 3.63) is 57.5 Å². The molecule has 2 heterocycles. The van der Waals surface area contributed by atoms with Crippen LogP contribution in [0.15, 0.2) is 46.2 Å². The first kappa shape index (κ1) is 19.6. The Balaban J connectivity index is 1.94. The first-order valence-corrected chi connectivity index (χ1v) is 9.76. The zero-order chi connectivity index (χ0) is 20.2. The van der Waals surface area contributed by atoms with Crippen LogP contribution in [0.1, 0.15) is 30.6 Å². The normalized spacial score (nSPS) is 26.5. The molecule has 28 heavy (non-hydrogen) atoms. The van der Waals surface area contributed by atoms with Gasteiger partial charge in [0.2, 0.25) is 0 Å². The molecular formula is C20H18BrF5N2. The summed E-state index contributed by atoms with van der Waals surface area (Å²) in [4.78, 5) is 4.30. The first-order valence-electron chi connectivity index (χ1n) is 8.97. The molecule has 2 aromatic rings. The molecule has 1 aromatic carbocycles. The van der Waals surface area contributed by atoms with Gasteiger partial charge in [0.1, 0.15) is 12.0 Å². The molecule has 2 aliphatic rings. The quantitative estimate of drug-likeness (QED) is 0.523. The SMILES string of the molecule is C[C@@H]1Cc2c([nH]c3ccccc23)[C@@H](C2=C(F)C=C(Br)CC2F)N1CC(F)(F)F. The summed E-state index contributed by atoms with van der Waals surface area (Å²) < 4.78 is 70.1. The summed E-state index contributed by atoms with van der Waals surface area (Å²) in [5, 5.41) is 0.880. The van der Waals surface area contributed by atoms with Gasteiger partial charge in [-0.2, -0.15) is 13.2 Å². The number of rotatable bonds is 2. The fraction of sp³-hybridized carbons (Fsp3) is 0.400. The number of hydrogen-bond donors (Lipinski definition) is 1. The molecule has 8 heteroatoms. The molecule has 4 rings (SSSR count). The van der Waals surface area contributed by atoms with Crippen LogP contribution in [0, 0.1) is 0 Å². The summed E-state index contributed by atoms with van der Waals surface area (Å²) in [6.07, 6.45) is -4.76. The van der Waals surface area contributed by atoms with E-state index in [1.54, 1.807) is 6.92 Å². The Bertz CT molecular complexity index is 975. The Morgan fingerprint density at radius 1 is 1.21 bits per heavy atom. The number of nitrogens with one attached hydrogen (secondary N) is 1. The number of hydrogen-bond acceptors (Lipinski definition) is 1. The Labute approximate surface area is 167 Å². The van der Waals surface area contributed by atoms with E-state index in [1.807, 2.05) is 24.3 Å². The summed E-state index contributed by atoms with van der Waals surface area (Å²) in [6, 6.07) is 5.69. The van der Waals surface area contributed by atoms with Gasteiger partial charge in [0.25, 0.3) is 0 Å². The van der Waals surface area contributed by atoms with E-state index in [4.69, 9.17) is 0 Å². The molecule has 0 saturated heterocycles. The second-order valence-electron chi connectivity index (χ2n) is 7.37. The highest BCUT2D eigenvalue weighted by Crippen LogP contribution is 2.47. The number of alkyl halides is 4. The van der Waals surface area contributed by atoms with E-state index < -0.39 is 36.8 Å². The van der Waals surface area contributed by atoms with Crippen molar-refractivity contribution in [2.24, 2.45) is 0 Å². The Morgan fingerprint density at radius 3 is 2.61 bits per heavy atom. The van der Waals surface area contributed by atoms with Gasteiger partial charge in [-0.05, 0) is 31.1 Å². The molecule has 2 nitrogen and oxygen atoms in total. The molecule has 1 aromatic heterocycles. The summed E-state index contributed by atoms with van der Waals surface area (Å²) in [5.74, 6) is -0.818. The maximum absolute atomic E-state index is 14.9. The van der Waals surface area contributed by atoms with Crippen molar-refractivity contribution in [1.82, 2.24) is 9.88 Å².